The van der Waals surface area contributed by atoms with E-state index in [1.54, 1.807) is 18.7 Å². The molecule has 1 atom stereocenters. The fourth-order valence-electron chi connectivity index (χ4n) is 1.81. The summed E-state index contributed by atoms with van der Waals surface area (Å²) in [6.07, 6.45) is 0. The predicted molar refractivity (Wildman–Crippen MR) is 64.4 cm³/mol. The van der Waals surface area contributed by atoms with E-state index in [0.29, 0.717) is 18.8 Å². The summed E-state index contributed by atoms with van der Waals surface area (Å²) in [7, 11) is 0. The zero-order chi connectivity index (χ0) is 13.9. The van der Waals surface area contributed by atoms with Crippen LogP contribution in [0.3, 0.4) is 0 Å². The molecule has 1 heterocycles. The summed E-state index contributed by atoms with van der Waals surface area (Å²) in [5.74, 6) is -1.23. The monoisotopic (exact) mass is 254 g/mol. The fourth-order valence-corrected chi connectivity index (χ4v) is 1.81. The van der Waals surface area contributed by atoms with Gasteiger partial charge in [0.15, 0.2) is 5.69 Å². The van der Waals surface area contributed by atoms with Crippen LogP contribution in [0.4, 0.5) is 0 Å². The number of carboxylic acids is 1. The third-order valence-corrected chi connectivity index (χ3v) is 2.93. The van der Waals surface area contributed by atoms with E-state index in [4.69, 9.17) is 5.11 Å². The van der Waals surface area contributed by atoms with Gasteiger partial charge in [-0.3, -0.25) is 4.79 Å². The summed E-state index contributed by atoms with van der Waals surface area (Å²) in [6, 6.07) is -0.550. The highest BCUT2D eigenvalue weighted by molar-refractivity contribution is 5.86. The van der Waals surface area contributed by atoms with E-state index in [-0.39, 0.29) is 11.6 Å². The average Bonchev–Trinajstić information content (AvgIpc) is 2.71. The molecule has 0 aromatic carbocycles. The molecule has 1 amide bonds. The Balaban J connectivity index is 3.00. The molecule has 0 radical (unpaired) electrons. The van der Waals surface area contributed by atoms with Gasteiger partial charge in [0.05, 0.1) is 5.69 Å². The first-order valence-electron chi connectivity index (χ1n) is 5.87. The largest absolute Gasteiger partial charge is 0.476 e. The fraction of sp³-hybridized carbons (Fsp3) is 0.636. The number of hydrogen-bond acceptors (Lipinski definition) is 4. The lowest BCUT2D eigenvalue weighted by molar-refractivity contribution is -0.134. The lowest BCUT2D eigenvalue weighted by atomic mass is 10.2. The Hall–Kier alpha value is -1.92. The Morgan fingerprint density at radius 1 is 1.39 bits per heavy atom. The maximum atomic E-state index is 12.1. The van der Waals surface area contributed by atoms with E-state index >= 15 is 0 Å². The van der Waals surface area contributed by atoms with Crippen molar-refractivity contribution in [3.8, 4) is 0 Å². The zero-order valence-electron chi connectivity index (χ0n) is 11.0. The maximum Gasteiger partial charge on any atom is 0.358 e. The van der Waals surface area contributed by atoms with Gasteiger partial charge in [0, 0.05) is 13.1 Å². The molecular weight excluding hydrogens is 236 g/mol. The predicted octanol–water partition coefficient (Wildman–Crippen LogP) is 0.714. The van der Waals surface area contributed by atoms with Gasteiger partial charge in [-0.25, -0.2) is 9.48 Å². The Morgan fingerprint density at radius 2 is 1.94 bits per heavy atom. The van der Waals surface area contributed by atoms with Crippen LogP contribution in [-0.4, -0.2) is 50.0 Å². The van der Waals surface area contributed by atoms with Crippen molar-refractivity contribution in [3.05, 3.63) is 11.4 Å². The second-order valence-corrected chi connectivity index (χ2v) is 3.96. The normalized spacial score (nSPS) is 12.2. The van der Waals surface area contributed by atoms with E-state index < -0.39 is 12.0 Å². The summed E-state index contributed by atoms with van der Waals surface area (Å²) in [5.41, 5.74) is 0.268. The molecule has 1 aromatic heterocycles. The van der Waals surface area contributed by atoms with Crippen LogP contribution in [0, 0.1) is 6.92 Å². The van der Waals surface area contributed by atoms with Gasteiger partial charge in [0.1, 0.15) is 6.04 Å². The first-order chi connectivity index (χ1) is 8.43. The van der Waals surface area contributed by atoms with Gasteiger partial charge in [-0.05, 0) is 27.7 Å². The van der Waals surface area contributed by atoms with Crippen molar-refractivity contribution < 1.29 is 14.7 Å². The lowest BCUT2D eigenvalue weighted by Gasteiger charge is -2.23. The van der Waals surface area contributed by atoms with Crippen LogP contribution in [0.15, 0.2) is 0 Å². The number of likely N-dealkylation sites (N-methyl/N-ethyl adjacent to an activating group) is 1. The molecule has 0 aliphatic rings. The molecule has 0 aliphatic heterocycles. The summed E-state index contributed by atoms with van der Waals surface area (Å²) >= 11 is 0. The highest BCUT2D eigenvalue weighted by Crippen LogP contribution is 2.13. The second kappa shape index (κ2) is 5.61. The minimum Gasteiger partial charge on any atom is -0.476 e. The van der Waals surface area contributed by atoms with Gasteiger partial charge in [-0.15, -0.1) is 5.10 Å². The molecule has 0 saturated heterocycles. The lowest BCUT2D eigenvalue weighted by Crippen LogP contribution is -2.36. The van der Waals surface area contributed by atoms with Gasteiger partial charge in [-0.1, -0.05) is 5.21 Å². The molecule has 0 saturated carbocycles. The van der Waals surface area contributed by atoms with Gasteiger partial charge in [0.2, 0.25) is 5.91 Å². The molecule has 7 nitrogen and oxygen atoms in total. The highest BCUT2D eigenvalue weighted by atomic mass is 16.4. The van der Waals surface area contributed by atoms with E-state index in [9.17, 15) is 9.59 Å². The van der Waals surface area contributed by atoms with Crippen molar-refractivity contribution >= 4 is 11.9 Å². The van der Waals surface area contributed by atoms with E-state index in [1.165, 1.54) is 4.68 Å². The summed E-state index contributed by atoms with van der Waals surface area (Å²) in [5, 5.41) is 16.2. The SMILES string of the molecule is CCN(CC)C(=O)C(C)n1nnc(C(=O)O)c1C. The van der Waals surface area contributed by atoms with E-state index in [1.807, 2.05) is 13.8 Å². The molecule has 1 unspecified atom stereocenters. The number of carbonyl (C=O) groups is 2. The molecule has 1 aromatic rings. The van der Waals surface area contributed by atoms with Crippen molar-refractivity contribution in [2.45, 2.75) is 33.7 Å². The van der Waals surface area contributed by atoms with Crippen LogP contribution in [0.25, 0.3) is 0 Å². The smallest absolute Gasteiger partial charge is 0.358 e. The van der Waals surface area contributed by atoms with Gasteiger partial charge < -0.3 is 10.0 Å². The molecule has 0 spiro atoms. The number of carbonyl (C=O) groups excluding carboxylic acids is 1. The number of hydrogen-bond donors (Lipinski definition) is 1. The molecule has 0 bridgehead atoms. The van der Waals surface area contributed by atoms with Crippen LogP contribution >= 0.6 is 0 Å². The maximum absolute atomic E-state index is 12.1. The van der Waals surface area contributed by atoms with Crippen molar-refractivity contribution in [1.29, 1.82) is 0 Å². The van der Waals surface area contributed by atoms with Crippen molar-refractivity contribution in [2.75, 3.05) is 13.1 Å². The standard InChI is InChI=1S/C11H18N4O3/c1-5-14(6-2)10(16)8(4)15-7(3)9(11(17)18)12-13-15/h8H,5-6H2,1-4H3,(H,17,18). The molecule has 18 heavy (non-hydrogen) atoms. The quantitative estimate of drug-likeness (QED) is 0.836. The van der Waals surface area contributed by atoms with Crippen molar-refractivity contribution in [2.24, 2.45) is 0 Å². The molecule has 0 fully saturated rings. The molecular formula is C11H18N4O3. The van der Waals surface area contributed by atoms with E-state index in [2.05, 4.69) is 10.3 Å². The number of rotatable bonds is 5. The minimum absolute atomic E-state index is 0.0926. The second-order valence-electron chi connectivity index (χ2n) is 3.96. The number of nitrogens with zero attached hydrogens (tertiary/aromatic N) is 4. The topological polar surface area (TPSA) is 88.3 Å². The molecule has 100 valence electrons. The Labute approximate surface area is 105 Å². The van der Waals surface area contributed by atoms with Gasteiger partial charge in [0.25, 0.3) is 0 Å². The van der Waals surface area contributed by atoms with Crippen LogP contribution in [0.2, 0.25) is 0 Å². The highest BCUT2D eigenvalue weighted by Gasteiger charge is 2.25. The Kier molecular flexibility index (Phi) is 4.41. The van der Waals surface area contributed by atoms with Crippen LogP contribution < -0.4 is 0 Å². The van der Waals surface area contributed by atoms with Gasteiger partial charge >= 0.3 is 5.97 Å². The van der Waals surface area contributed by atoms with Crippen molar-refractivity contribution in [3.63, 3.8) is 0 Å². The number of amides is 1. The average molecular weight is 254 g/mol. The molecule has 0 aliphatic carbocycles. The third-order valence-electron chi connectivity index (χ3n) is 2.93. The third kappa shape index (κ3) is 2.49. The number of aromatic nitrogens is 3. The minimum atomic E-state index is -1.14. The van der Waals surface area contributed by atoms with E-state index in [0.717, 1.165) is 0 Å². The number of aromatic carboxylic acids is 1. The molecule has 1 N–H and O–H groups in total. The Bertz CT molecular complexity index is 451. The number of carboxylic acid groups (broad SMARTS) is 1. The molecule has 7 heteroatoms. The molecule has 1 rings (SSSR count). The van der Waals surface area contributed by atoms with Gasteiger partial charge in [-0.2, -0.15) is 0 Å². The van der Waals surface area contributed by atoms with Crippen LogP contribution in [0.5, 0.6) is 0 Å². The van der Waals surface area contributed by atoms with Crippen molar-refractivity contribution in [1.82, 2.24) is 19.9 Å². The first kappa shape index (κ1) is 14.1. The summed E-state index contributed by atoms with van der Waals surface area (Å²) in [4.78, 5) is 24.7. The van der Waals surface area contributed by atoms with Crippen LogP contribution in [0.1, 0.15) is 43.0 Å². The van der Waals surface area contributed by atoms with Crippen LogP contribution in [-0.2, 0) is 4.79 Å². The Morgan fingerprint density at radius 3 is 2.33 bits per heavy atom. The first-order valence-corrected chi connectivity index (χ1v) is 5.87. The summed E-state index contributed by atoms with van der Waals surface area (Å²) < 4.78 is 1.35. The zero-order valence-corrected chi connectivity index (χ0v) is 11.0. The summed E-state index contributed by atoms with van der Waals surface area (Å²) in [6.45, 7) is 8.29.